The summed E-state index contributed by atoms with van der Waals surface area (Å²) in [6, 6.07) is 9.17. The van der Waals surface area contributed by atoms with Crippen LogP contribution in [0.25, 0.3) is 0 Å². The Labute approximate surface area is 118 Å². The van der Waals surface area contributed by atoms with Crippen molar-refractivity contribution in [2.24, 2.45) is 0 Å². The lowest BCUT2D eigenvalue weighted by molar-refractivity contribution is -0.122. The molecule has 2 amide bonds. The van der Waals surface area contributed by atoms with Crippen molar-refractivity contribution < 1.29 is 14.4 Å². The highest BCUT2D eigenvalue weighted by Crippen LogP contribution is 2.12. The smallest absolute Gasteiger partial charge is 0.256 e. The van der Waals surface area contributed by atoms with Gasteiger partial charge in [-0.05, 0) is 19.4 Å². The molecule has 1 aromatic rings. The largest absolute Gasteiger partial charge is 0.345 e. The van der Waals surface area contributed by atoms with Crippen molar-refractivity contribution in [3.63, 3.8) is 0 Å². The van der Waals surface area contributed by atoms with E-state index in [1.807, 2.05) is 37.3 Å². The van der Waals surface area contributed by atoms with Gasteiger partial charge in [0.05, 0.1) is 11.6 Å². The summed E-state index contributed by atoms with van der Waals surface area (Å²) in [6.45, 7) is 4.41. The quantitative estimate of drug-likeness (QED) is 0.485. The maximum absolute atomic E-state index is 12.0. The first-order valence-electron chi connectivity index (χ1n) is 6.26. The minimum atomic E-state index is -0.511. The summed E-state index contributed by atoms with van der Waals surface area (Å²) in [5.74, 6) is -1.26. The van der Waals surface area contributed by atoms with Crippen LogP contribution in [0.1, 0.15) is 32.4 Å². The summed E-state index contributed by atoms with van der Waals surface area (Å²) in [5, 5.41) is 5.06. The average molecular weight is 274 g/mol. The highest BCUT2D eigenvalue weighted by atomic mass is 16.2. The van der Waals surface area contributed by atoms with E-state index >= 15 is 0 Å². The molecule has 1 aromatic carbocycles. The van der Waals surface area contributed by atoms with E-state index in [4.69, 9.17) is 0 Å². The van der Waals surface area contributed by atoms with Crippen LogP contribution < -0.4 is 10.6 Å². The lowest BCUT2D eigenvalue weighted by Crippen LogP contribution is -2.31. The van der Waals surface area contributed by atoms with Gasteiger partial charge < -0.3 is 10.6 Å². The van der Waals surface area contributed by atoms with E-state index in [-0.39, 0.29) is 17.5 Å². The Morgan fingerprint density at radius 2 is 1.70 bits per heavy atom. The molecule has 0 saturated carbocycles. The lowest BCUT2D eigenvalue weighted by Gasteiger charge is -2.15. The summed E-state index contributed by atoms with van der Waals surface area (Å²) in [7, 11) is 0. The van der Waals surface area contributed by atoms with Crippen molar-refractivity contribution in [1.82, 2.24) is 10.6 Å². The molecule has 0 unspecified atom stereocenters. The summed E-state index contributed by atoms with van der Waals surface area (Å²) in [6.07, 6.45) is 1.14. The molecule has 20 heavy (non-hydrogen) atoms. The summed E-state index contributed by atoms with van der Waals surface area (Å²) in [4.78, 5) is 34.3. The number of amides is 2. The van der Waals surface area contributed by atoms with Crippen molar-refractivity contribution in [3.8, 4) is 0 Å². The molecule has 1 rings (SSSR count). The van der Waals surface area contributed by atoms with E-state index in [1.54, 1.807) is 0 Å². The summed E-state index contributed by atoms with van der Waals surface area (Å²) < 4.78 is 0. The van der Waals surface area contributed by atoms with Crippen LogP contribution in [0.2, 0.25) is 0 Å². The normalized spacial score (nSPS) is 12.4. The van der Waals surface area contributed by atoms with E-state index in [1.165, 1.54) is 13.8 Å². The molecule has 2 N–H and O–H groups in total. The van der Waals surface area contributed by atoms with Gasteiger partial charge in [-0.2, -0.15) is 0 Å². The van der Waals surface area contributed by atoms with Gasteiger partial charge in [0.1, 0.15) is 0 Å². The van der Waals surface area contributed by atoms with Crippen LogP contribution in [-0.4, -0.2) is 17.6 Å². The fraction of sp³-hybridized carbons (Fsp3) is 0.267. The zero-order chi connectivity index (χ0) is 15.1. The molecule has 0 bridgehead atoms. The van der Waals surface area contributed by atoms with E-state index in [0.717, 1.165) is 11.8 Å². The van der Waals surface area contributed by atoms with Crippen molar-refractivity contribution in [3.05, 3.63) is 47.7 Å². The van der Waals surface area contributed by atoms with Gasteiger partial charge >= 0.3 is 0 Å². The zero-order valence-electron chi connectivity index (χ0n) is 11.8. The average Bonchev–Trinajstić information content (AvgIpc) is 2.39. The highest BCUT2D eigenvalue weighted by molar-refractivity contribution is 6.18. The molecule has 1 atom stereocenters. The number of Topliss-reactive ketones (excluding diaryl/α,β-unsaturated/α-hetero) is 1. The Hall–Kier alpha value is -2.43. The standard InChI is InChI=1S/C15H18N2O3/c1-10(13-7-5-4-6-8-13)17-15(20)14(11(2)18)9-16-12(3)19/h4-10H,1-3H3,(H,16,19)(H,17,20)/t10-/m0/s1. The number of carbonyl (C=O) groups is 3. The second kappa shape index (κ2) is 7.23. The first-order valence-corrected chi connectivity index (χ1v) is 6.26. The molecule has 0 aliphatic rings. The molecule has 5 nitrogen and oxygen atoms in total. The van der Waals surface area contributed by atoms with Crippen molar-refractivity contribution in [2.75, 3.05) is 0 Å². The molecule has 0 radical (unpaired) electrons. The SMILES string of the molecule is CC(=O)NC=C(C(C)=O)C(=O)N[C@@H](C)c1ccccc1. The number of rotatable bonds is 5. The monoisotopic (exact) mass is 274 g/mol. The Morgan fingerprint density at radius 3 is 2.20 bits per heavy atom. The number of ketones is 1. The van der Waals surface area contributed by atoms with Gasteiger partial charge in [0.15, 0.2) is 5.78 Å². The van der Waals surface area contributed by atoms with Crippen LogP contribution in [0.15, 0.2) is 42.1 Å². The van der Waals surface area contributed by atoms with Crippen LogP contribution in [0, 0.1) is 0 Å². The number of hydrogen-bond acceptors (Lipinski definition) is 3. The third kappa shape index (κ3) is 4.68. The van der Waals surface area contributed by atoms with Crippen molar-refractivity contribution >= 4 is 17.6 Å². The third-order valence-corrected chi connectivity index (χ3v) is 2.69. The molecular formula is C15H18N2O3. The predicted octanol–water partition coefficient (Wildman–Crippen LogP) is 1.47. The van der Waals surface area contributed by atoms with Crippen LogP contribution in [0.3, 0.4) is 0 Å². The highest BCUT2D eigenvalue weighted by Gasteiger charge is 2.17. The van der Waals surface area contributed by atoms with E-state index in [2.05, 4.69) is 10.6 Å². The van der Waals surface area contributed by atoms with Crippen LogP contribution in [-0.2, 0) is 14.4 Å². The summed E-state index contributed by atoms with van der Waals surface area (Å²) in [5.41, 5.74) is 0.853. The molecular weight excluding hydrogens is 256 g/mol. The van der Waals surface area contributed by atoms with Crippen LogP contribution in [0.5, 0.6) is 0 Å². The molecule has 0 heterocycles. The molecule has 106 valence electrons. The topological polar surface area (TPSA) is 75.3 Å². The summed E-state index contributed by atoms with van der Waals surface area (Å²) >= 11 is 0. The van der Waals surface area contributed by atoms with Crippen LogP contribution in [0.4, 0.5) is 0 Å². The molecule has 0 aromatic heterocycles. The number of carbonyl (C=O) groups excluding carboxylic acids is 3. The van der Waals surface area contributed by atoms with Gasteiger partial charge in [-0.3, -0.25) is 14.4 Å². The van der Waals surface area contributed by atoms with Crippen molar-refractivity contribution in [2.45, 2.75) is 26.8 Å². The van der Waals surface area contributed by atoms with Crippen LogP contribution >= 0.6 is 0 Å². The maximum atomic E-state index is 12.0. The van der Waals surface area contributed by atoms with Gasteiger partial charge in [0, 0.05) is 13.1 Å². The Kier molecular flexibility index (Phi) is 5.65. The molecule has 0 saturated heterocycles. The zero-order valence-corrected chi connectivity index (χ0v) is 11.8. The fourth-order valence-electron chi connectivity index (χ4n) is 1.60. The lowest BCUT2D eigenvalue weighted by atomic mass is 10.1. The first kappa shape index (κ1) is 15.6. The molecule has 0 aliphatic heterocycles. The molecule has 0 aliphatic carbocycles. The minimum absolute atomic E-state index is 0.0806. The maximum Gasteiger partial charge on any atom is 0.256 e. The second-order valence-electron chi connectivity index (χ2n) is 4.42. The number of hydrogen-bond donors (Lipinski definition) is 2. The second-order valence-corrected chi connectivity index (χ2v) is 4.42. The van der Waals surface area contributed by atoms with E-state index in [9.17, 15) is 14.4 Å². The fourth-order valence-corrected chi connectivity index (χ4v) is 1.60. The predicted molar refractivity (Wildman–Crippen MR) is 75.6 cm³/mol. The van der Waals surface area contributed by atoms with Gasteiger partial charge in [0.25, 0.3) is 5.91 Å². The minimum Gasteiger partial charge on any atom is -0.345 e. The van der Waals surface area contributed by atoms with Gasteiger partial charge in [-0.1, -0.05) is 30.3 Å². The van der Waals surface area contributed by atoms with E-state index < -0.39 is 11.7 Å². The van der Waals surface area contributed by atoms with Crippen molar-refractivity contribution in [1.29, 1.82) is 0 Å². The van der Waals surface area contributed by atoms with Gasteiger partial charge in [-0.25, -0.2) is 0 Å². The molecule has 0 fully saturated rings. The Morgan fingerprint density at radius 1 is 1.10 bits per heavy atom. The molecule has 0 spiro atoms. The Bertz CT molecular complexity index is 535. The van der Waals surface area contributed by atoms with E-state index in [0.29, 0.717) is 0 Å². The van der Waals surface area contributed by atoms with Gasteiger partial charge in [-0.15, -0.1) is 0 Å². The third-order valence-electron chi connectivity index (χ3n) is 2.69. The van der Waals surface area contributed by atoms with Gasteiger partial charge in [0.2, 0.25) is 5.91 Å². The number of nitrogens with one attached hydrogen (secondary N) is 2. The number of benzene rings is 1. The first-order chi connectivity index (χ1) is 9.41. The Balaban J connectivity index is 2.79. The molecule has 5 heteroatoms.